The van der Waals surface area contributed by atoms with Gasteiger partial charge in [0.1, 0.15) is 6.61 Å². The third-order valence-electron chi connectivity index (χ3n) is 2.06. The number of hydrogen-bond donors (Lipinski definition) is 1. The number of rotatable bonds is 6. The Morgan fingerprint density at radius 1 is 1.00 bits per heavy atom. The average Bonchev–Trinajstić information content (AvgIpc) is 2.11. The highest BCUT2D eigenvalue weighted by atomic mass is 32.2. The number of hydrogen-bond acceptors (Lipinski definition) is 3. The van der Waals surface area contributed by atoms with Gasteiger partial charge in [0.25, 0.3) is 5.85 Å². The van der Waals surface area contributed by atoms with Crippen LogP contribution < -0.4 is 0 Å². The Labute approximate surface area is 103 Å². The molecular weight excluding hydrogens is 313 g/mol. The molecule has 4 nitrogen and oxygen atoms in total. The Morgan fingerprint density at radius 3 is 1.63 bits per heavy atom. The molecule has 19 heavy (non-hydrogen) atoms. The van der Waals surface area contributed by atoms with Gasteiger partial charge in [0.2, 0.25) is 0 Å². The summed E-state index contributed by atoms with van der Waals surface area (Å²) >= 11 is 0. The summed E-state index contributed by atoms with van der Waals surface area (Å²) in [7, 11) is -6.54. The Balaban J connectivity index is 5.12. The van der Waals surface area contributed by atoms with Crippen molar-refractivity contribution in [3.8, 4) is 0 Å². The van der Waals surface area contributed by atoms with Gasteiger partial charge in [-0.15, -0.1) is 0 Å². The predicted molar refractivity (Wildman–Crippen MR) is 47.5 cm³/mol. The van der Waals surface area contributed by atoms with Crippen molar-refractivity contribution in [2.75, 3.05) is 6.61 Å². The first-order chi connectivity index (χ1) is 7.96. The molecule has 1 N–H and O–H groups in total. The van der Waals surface area contributed by atoms with Crippen LogP contribution >= 0.6 is 0 Å². The first kappa shape index (κ1) is 18.4. The van der Waals surface area contributed by atoms with E-state index in [-0.39, 0.29) is 13.8 Å². The van der Waals surface area contributed by atoms with E-state index in [9.17, 15) is 39.2 Å². The second-order valence-electron chi connectivity index (χ2n) is 3.79. The fourth-order valence-corrected chi connectivity index (χ4v) is 1.06. The summed E-state index contributed by atoms with van der Waals surface area (Å²) in [5.41, 5.74) is 0. The Kier molecular flexibility index (Phi) is 4.58. The monoisotopic (exact) mass is 322 g/mol. The standard InChI is InChI=1S/C7H9F7O4S/c1-4(8,9)5(2,10)18-3-6(11,12)7(13,14)19(15,16)17/h3H2,1-2H3,(H,15,16,17). The molecule has 12 heteroatoms. The highest BCUT2D eigenvalue weighted by molar-refractivity contribution is 7.87. The first-order valence-corrected chi connectivity index (χ1v) is 5.83. The maximum absolute atomic E-state index is 13.0. The van der Waals surface area contributed by atoms with E-state index in [1.165, 1.54) is 0 Å². The number of alkyl halides is 7. The molecule has 1 unspecified atom stereocenters. The van der Waals surface area contributed by atoms with Crippen molar-refractivity contribution in [3.63, 3.8) is 0 Å². The van der Waals surface area contributed by atoms with Gasteiger partial charge in [-0.25, -0.2) is 13.2 Å². The lowest BCUT2D eigenvalue weighted by Gasteiger charge is -2.30. The van der Waals surface area contributed by atoms with Crippen molar-refractivity contribution in [3.05, 3.63) is 0 Å². The van der Waals surface area contributed by atoms with Crippen LogP contribution in [0.15, 0.2) is 0 Å². The lowest BCUT2D eigenvalue weighted by atomic mass is 10.2. The van der Waals surface area contributed by atoms with Crippen molar-refractivity contribution < 1.29 is 48.4 Å². The SMILES string of the molecule is CC(F)(F)C(C)(F)OCC(F)(F)C(F)(F)S(=O)(=O)O. The summed E-state index contributed by atoms with van der Waals surface area (Å²) in [6.07, 6.45) is 0. The molecule has 0 heterocycles. The summed E-state index contributed by atoms with van der Waals surface area (Å²) in [6, 6.07) is 0. The molecular formula is C7H9F7O4S. The van der Waals surface area contributed by atoms with Crippen LogP contribution in [-0.2, 0) is 14.9 Å². The van der Waals surface area contributed by atoms with E-state index in [1.807, 2.05) is 0 Å². The summed E-state index contributed by atoms with van der Waals surface area (Å²) in [5.74, 6) is -14.0. The predicted octanol–water partition coefficient (Wildman–Crippen LogP) is 2.46. The lowest BCUT2D eigenvalue weighted by molar-refractivity contribution is -0.295. The van der Waals surface area contributed by atoms with Gasteiger partial charge in [-0.05, 0) is 0 Å². The number of halogens is 7. The van der Waals surface area contributed by atoms with Gasteiger partial charge in [0.05, 0.1) is 0 Å². The van der Waals surface area contributed by atoms with Gasteiger partial charge in [-0.2, -0.15) is 26.0 Å². The van der Waals surface area contributed by atoms with Crippen molar-refractivity contribution in [1.82, 2.24) is 0 Å². The van der Waals surface area contributed by atoms with Gasteiger partial charge < -0.3 is 4.74 Å². The third-order valence-corrected chi connectivity index (χ3v) is 3.00. The van der Waals surface area contributed by atoms with Crippen LogP contribution in [0.2, 0.25) is 0 Å². The molecule has 116 valence electrons. The molecule has 0 saturated heterocycles. The fourth-order valence-electron chi connectivity index (χ4n) is 0.626. The maximum atomic E-state index is 13.0. The van der Waals surface area contributed by atoms with Crippen LogP contribution in [0.25, 0.3) is 0 Å². The van der Waals surface area contributed by atoms with E-state index in [4.69, 9.17) is 4.55 Å². The molecule has 0 aliphatic heterocycles. The van der Waals surface area contributed by atoms with E-state index in [0.29, 0.717) is 0 Å². The van der Waals surface area contributed by atoms with Crippen LogP contribution in [0, 0.1) is 0 Å². The van der Waals surface area contributed by atoms with E-state index in [2.05, 4.69) is 4.74 Å². The topological polar surface area (TPSA) is 63.6 Å². The molecule has 0 rings (SSSR count). The Morgan fingerprint density at radius 2 is 1.37 bits per heavy atom. The molecule has 0 saturated carbocycles. The second kappa shape index (κ2) is 4.74. The molecule has 1 atom stereocenters. The molecule has 0 aliphatic carbocycles. The fraction of sp³-hybridized carbons (Fsp3) is 1.00. The summed E-state index contributed by atoms with van der Waals surface area (Å²) in [6.45, 7) is -2.75. The quantitative estimate of drug-likeness (QED) is 0.603. The van der Waals surface area contributed by atoms with E-state index >= 15 is 0 Å². The minimum absolute atomic E-state index is 0.00529. The average molecular weight is 322 g/mol. The number of ether oxygens (including phenoxy) is 1. The smallest absolute Gasteiger partial charge is 0.335 e. The molecule has 0 aromatic heterocycles. The Bertz CT molecular complexity index is 425. The summed E-state index contributed by atoms with van der Waals surface area (Å²) in [4.78, 5) is 0. The maximum Gasteiger partial charge on any atom is 0.433 e. The molecule has 0 bridgehead atoms. The van der Waals surface area contributed by atoms with Gasteiger partial charge in [-0.3, -0.25) is 4.55 Å². The molecule has 0 radical (unpaired) electrons. The van der Waals surface area contributed by atoms with Crippen LogP contribution in [0.1, 0.15) is 13.8 Å². The van der Waals surface area contributed by atoms with Gasteiger partial charge >= 0.3 is 27.2 Å². The highest BCUT2D eigenvalue weighted by Gasteiger charge is 2.67. The highest BCUT2D eigenvalue weighted by Crippen LogP contribution is 2.41. The van der Waals surface area contributed by atoms with Crippen molar-refractivity contribution in [2.45, 2.75) is 36.8 Å². The normalized spacial score (nSPS) is 18.2. The van der Waals surface area contributed by atoms with E-state index < -0.39 is 39.7 Å². The molecule has 0 spiro atoms. The molecule has 0 aromatic rings. The zero-order chi connectivity index (χ0) is 15.9. The lowest BCUT2D eigenvalue weighted by Crippen LogP contribution is -2.52. The van der Waals surface area contributed by atoms with Crippen LogP contribution in [0.4, 0.5) is 30.7 Å². The molecule has 0 aromatic carbocycles. The zero-order valence-electron chi connectivity index (χ0n) is 9.43. The summed E-state index contributed by atoms with van der Waals surface area (Å²) in [5, 5.41) is -6.01. The second-order valence-corrected chi connectivity index (χ2v) is 5.25. The van der Waals surface area contributed by atoms with Crippen molar-refractivity contribution in [2.24, 2.45) is 0 Å². The molecule has 0 fully saturated rings. The summed E-state index contributed by atoms with van der Waals surface area (Å²) < 4.78 is 120. The van der Waals surface area contributed by atoms with Gasteiger partial charge in [-0.1, -0.05) is 0 Å². The minimum Gasteiger partial charge on any atom is -0.335 e. The van der Waals surface area contributed by atoms with Crippen LogP contribution in [0.5, 0.6) is 0 Å². The first-order valence-electron chi connectivity index (χ1n) is 4.39. The minimum atomic E-state index is -6.54. The van der Waals surface area contributed by atoms with Gasteiger partial charge in [0.15, 0.2) is 0 Å². The van der Waals surface area contributed by atoms with Crippen LogP contribution in [0.3, 0.4) is 0 Å². The van der Waals surface area contributed by atoms with E-state index in [0.717, 1.165) is 0 Å². The van der Waals surface area contributed by atoms with E-state index in [1.54, 1.807) is 0 Å². The van der Waals surface area contributed by atoms with Crippen LogP contribution in [-0.4, -0.2) is 42.5 Å². The van der Waals surface area contributed by atoms with Gasteiger partial charge in [0, 0.05) is 13.8 Å². The third kappa shape index (κ3) is 3.69. The molecule has 0 amide bonds. The zero-order valence-corrected chi connectivity index (χ0v) is 10.2. The van der Waals surface area contributed by atoms with Crippen molar-refractivity contribution >= 4 is 10.1 Å². The van der Waals surface area contributed by atoms with Crippen molar-refractivity contribution in [1.29, 1.82) is 0 Å². The molecule has 0 aliphatic rings. The Hall–Kier alpha value is -0.620. The largest absolute Gasteiger partial charge is 0.433 e.